The van der Waals surface area contributed by atoms with Gasteiger partial charge >= 0.3 is 0 Å². The molecule has 0 unspecified atom stereocenters. The van der Waals surface area contributed by atoms with Crippen LogP contribution in [0.15, 0.2) is 22.7 Å². The van der Waals surface area contributed by atoms with Crippen LogP contribution in [-0.4, -0.2) is 23.5 Å². The highest BCUT2D eigenvalue weighted by Crippen LogP contribution is 2.21. The highest BCUT2D eigenvalue weighted by molar-refractivity contribution is 9.10. The second-order valence-electron chi connectivity index (χ2n) is 2.97. The minimum atomic E-state index is 0.425. The number of anilines is 1. The minimum Gasteiger partial charge on any atom is -0.389 e. The van der Waals surface area contributed by atoms with Gasteiger partial charge in [0.25, 0.3) is 0 Å². The first-order chi connectivity index (χ1) is 7.15. The molecule has 0 atom stereocenters. The fraction of sp³-hybridized carbons (Fsp3) is 0.300. The van der Waals surface area contributed by atoms with Crippen LogP contribution in [0, 0.1) is 0 Å². The van der Waals surface area contributed by atoms with Gasteiger partial charge in [-0.1, -0.05) is 28.1 Å². The number of rotatable bonds is 5. The number of halogens is 1. The van der Waals surface area contributed by atoms with E-state index >= 15 is 0 Å². The van der Waals surface area contributed by atoms with Crippen LogP contribution in [0.5, 0.6) is 0 Å². The standard InChI is InChI=1S/C10H13BrN2S2/c1-15-5-4-13-9-6-7(11)2-3-8(9)10(12)14/h2-3,6,13H,4-5H2,1H3,(H2,12,14). The molecule has 0 aromatic heterocycles. The summed E-state index contributed by atoms with van der Waals surface area (Å²) in [4.78, 5) is 0.425. The van der Waals surface area contributed by atoms with E-state index in [1.807, 2.05) is 18.2 Å². The molecule has 5 heteroatoms. The number of thiocarbonyl (C=S) groups is 1. The number of thioether (sulfide) groups is 1. The van der Waals surface area contributed by atoms with Crippen LogP contribution < -0.4 is 11.1 Å². The smallest absolute Gasteiger partial charge is 0.106 e. The van der Waals surface area contributed by atoms with E-state index in [9.17, 15) is 0 Å². The van der Waals surface area contributed by atoms with Crippen LogP contribution in [0.4, 0.5) is 5.69 Å². The summed E-state index contributed by atoms with van der Waals surface area (Å²) in [6, 6.07) is 5.86. The van der Waals surface area contributed by atoms with Crippen LogP contribution in [0.3, 0.4) is 0 Å². The van der Waals surface area contributed by atoms with E-state index in [1.165, 1.54) is 0 Å². The third-order valence-electron chi connectivity index (χ3n) is 1.87. The van der Waals surface area contributed by atoms with Crippen molar-refractivity contribution in [2.45, 2.75) is 0 Å². The molecule has 0 radical (unpaired) electrons. The molecule has 0 aliphatic rings. The molecule has 0 aliphatic carbocycles. The van der Waals surface area contributed by atoms with Crippen LogP contribution in [0.2, 0.25) is 0 Å². The summed E-state index contributed by atoms with van der Waals surface area (Å²) in [7, 11) is 0. The molecule has 3 N–H and O–H groups in total. The number of hydrogen-bond donors (Lipinski definition) is 2. The van der Waals surface area contributed by atoms with Crippen LogP contribution in [-0.2, 0) is 0 Å². The first-order valence-electron chi connectivity index (χ1n) is 4.47. The number of hydrogen-bond acceptors (Lipinski definition) is 3. The predicted octanol–water partition coefficient (Wildman–Crippen LogP) is 2.86. The van der Waals surface area contributed by atoms with Crippen molar-refractivity contribution in [3.63, 3.8) is 0 Å². The normalized spacial score (nSPS) is 10.0. The van der Waals surface area contributed by atoms with Gasteiger partial charge in [0.1, 0.15) is 4.99 Å². The maximum Gasteiger partial charge on any atom is 0.106 e. The molecule has 0 saturated heterocycles. The average molecular weight is 305 g/mol. The molecule has 0 aliphatic heterocycles. The van der Waals surface area contributed by atoms with Gasteiger partial charge in [-0.25, -0.2) is 0 Å². The Morgan fingerprint density at radius 3 is 2.93 bits per heavy atom. The Labute approximate surface area is 108 Å². The van der Waals surface area contributed by atoms with Crippen LogP contribution in [0.1, 0.15) is 5.56 Å². The van der Waals surface area contributed by atoms with Crippen molar-refractivity contribution in [1.82, 2.24) is 0 Å². The van der Waals surface area contributed by atoms with E-state index in [4.69, 9.17) is 18.0 Å². The lowest BCUT2D eigenvalue weighted by Gasteiger charge is -2.11. The molecule has 0 heterocycles. The van der Waals surface area contributed by atoms with Crippen molar-refractivity contribution in [2.24, 2.45) is 5.73 Å². The predicted molar refractivity (Wildman–Crippen MR) is 76.9 cm³/mol. The molecule has 2 nitrogen and oxygen atoms in total. The SMILES string of the molecule is CSCCNc1cc(Br)ccc1C(N)=S. The molecule has 1 aromatic rings. The summed E-state index contributed by atoms with van der Waals surface area (Å²) in [6.45, 7) is 0.910. The molecule has 15 heavy (non-hydrogen) atoms. The van der Waals surface area contributed by atoms with E-state index in [1.54, 1.807) is 11.8 Å². The number of nitrogens with one attached hydrogen (secondary N) is 1. The maximum atomic E-state index is 5.64. The molecule has 0 spiro atoms. The quantitative estimate of drug-likeness (QED) is 0.648. The average Bonchev–Trinajstić information content (AvgIpc) is 2.18. The topological polar surface area (TPSA) is 38.0 Å². The van der Waals surface area contributed by atoms with Crippen molar-refractivity contribution in [3.05, 3.63) is 28.2 Å². The molecule has 0 bridgehead atoms. The van der Waals surface area contributed by atoms with Gasteiger partial charge in [0.2, 0.25) is 0 Å². The summed E-state index contributed by atoms with van der Waals surface area (Å²) in [5, 5.41) is 3.32. The zero-order valence-corrected chi connectivity index (χ0v) is 11.6. The summed E-state index contributed by atoms with van der Waals surface area (Å²) in [5.74, 6) is 1.06. The summed E-state index contributed by atoms with van der Waals surface area (Å²) in [6.07, 6.45) is 2.08. The van der Waals surface area contributed by atoms with Gasteiger partial charge in [-0.15, -0.1) is 0 Å². The van der Waals surface area contributed by atoms with Gasteiger partial charge in [-0.3, -0.25) is 0 Å². The van der Waals surface area contributed by atoms with Gasteiger partial charge in [-0.05, 0) is 24.5 Å². The summed E-state index contributed by atoms with van der Waals surface area (Å²) in [5.41, 5.74) is 7.53. The van der Waals surface area contributed by atoms with E-state index in [0.717, 1.165) is 28.0 Å². The monoisotopic (exact) mass is 304 g/mol. The first-order valence-corrected chi connectivity index (χ1v) is 7.07. The molecule has 1 rings (SSSR count). The van der Waals surface area contributed by atoms with Crippen molar-refractivity contribution < 1.29 is 0 Å². The number of benzene rings is 1. The Kier molecular flexibility index (Phi) is 5.42. The van der Waals surface area contributed by atoms with Gasteiger partial charge in [0.05, 0.1) is 0 Å². The Morgan fingerprint density at radius 1 is 1.60 bits per heavy atom. The van der Waals surface area contributed by atoms with Gasteiger partial charge < -0.3 is 11.1 Å². The van der Waals surface area contributed by atoms with E-state index in [0.29, 0.717) is 4.99 Å². The maximum absolute atomic E-state index is 5.64. The lowest BCUT2D eigenvalue weighted by Crippen LogP contribution is -2.14. The summed E-state index contributed by atoms with van der Waals surface area (Å²) >= 11 is 10.2. The Hall–Kier alpha value is -0.260. The van der Waals surface area contributed by atoms with E-state index in [2.05, 4.69) is 27.5 Å². The zero-order valence-electron chi connectivity index (χ0n) is 8.42. The van der Waals surface area contributed by atoms with Crippen molar-refractivity contribution >= 4 is 50.6 Å². The lowest BCUT2D eigenvalue weighted by molar-refractivity contribution is 1.23. The van der Waals surface area contributed by atoms with Crippen LogP contribution in [0.25, 0.3) is 0 Å². The van der Waals surface area contributed by atoms with Gasteiger partial charge in [0, 0.05) is 28.0 Å². The second kappa shape index (κ2) is 6.35. The minimum absolute atomic E-state index is 0.425. The highest BCUT2D eigenvalue weighted by Gasteiger charge is 2.04. The van der Waals surface area contributed by atoms with Crippen molar-refractivity contribution in [3.8, 4) is 0 Å². The molecule has 0 amide bonds. The van der Waals surface area contributed by atoms with Crippen LogP contribution >= 0.6 is 39.9 Å². The van der Waals surface area contributed by atoms with E-state index < -0.39 is 0 Å². The molecule has 82 valence electrons. The largest absolute Gasteiger partial charge is 0.389 e. The molecule has 0 saturated carbocycles. The molecular weight excluding hydrogens is 292 g/mol. The summed E-state index contributed by atoms with van der Waals surface area (Å²) < 4.78 is 1.02. The van der Waals surface area contributed by atoms with Crippen molar-refractivity contribution in [2.75, 3.05) is 23.9 Å². The Bertz CT molecular complexity index is 355. The number of nitrogens with two attached hydrogens (primary N) is 1. The van der Waals surface area contributed by atoms with Crippen molar-refractivity contribution in [1.29, 1.82) is 0 Å². The fourth-order valence-corrected chi connectivity index (χ4v) is 2.01. The molecule has 1 aromatic carbocycles. The Balaban J connectivity index is 2.82. The Morgan fingerprint density at radius 2 is 2.33 bits per heavy atom. The van der Waals surface area contributed by atoms with Gasteiger partial charge in [-0.2, -0.15) is 11.8 Å². The molecule has 0 fully saturated rings. The molecular formula is C10H13BrN2S2. The first kappa shape index (κ1) is 12.8. The third-order valence-corrected chi connectivity index (χ3v) is 3.19. The van der Waals surface area contributed by atoms with Gasteiger partial charge in [0.15, 0.2) is 0 Å². The second-order valence-corrected chi connectivity index (χ2v) is 5.31. The highest BCUT2D eigenvalue weighted by atomic mass is 79.9. The lowest BCUT2D eigenvalue weighted by atomic mass is 10.2. The third kappa shape index (κ3) is 4.01. The fourth-order valence-electron chi connectivity index (χ4n) is 1.17. The van der Waals surface area contributed by atoms with E-state index in [-0.39, 0.29) is 0 Å². The zero-order chi connectivity index (χ0) is 11.3.